The average Bonchev–Trinajstić information content (AvgIpc) is 2.77. The molecule has 0 aliphatic carbocycles. The molecule has 0 unspecified atom stereocenters. The van der Waals surface area contributed by atoms with Gasteiger partial charge in [-0.3, -0.25) is 14.6 Å². The summed E-state index contributed by atoms with van der Waals surface area (Å²) in [5, 5.41) is 10.9. The first-order chi connectivity index (χ1) is 10.1. The number of rotatable bonds is 2. The lowest BCUT2D eigenvalue weighted by Gasteiger charge is -2.04. The predicted octanol–water partition coefficient (Wildman–Crippen LogP) is 0.174. The Kier molecular flexibility index (Phi) is 3.19. The molecule has 7 heteroatoms. The van der Waals surface area contributed by atoms with E-state index in [0.29, 0.717) is 21.6 Å². The van der Waals surface area contributed by atoms with E-state index in [-0.39, 0.29) is 10.8 Å². The Labute approximate surface area is 122 Å². The van der Waals surface area contributed by atoms with Crippen molar-refractivity contribution >= 4 is 29.4 Å². The minimum atomic E-state index is -0.423. The average molecular weight is 302 g/mol. The second-order valence-electron chi connectivity index (χ2n) is 4.31. The monoisotopic (exact) mass is 302 g/mol. The summed E-state index contributed by atoms with van der Waals surface area (Å²) in [6.45, 7) is 0. The molecule has 0 radical (unpaired) electrons. The molecule has 1 aliphatic heterocycles. The molecule has 1 aromatic carbocycles. The van der Waals surface area contributed by atoms with Crippen molar-refractivity contribution in [2.75, 3.05) is 7.11 Å². The van der Waals surface area contributed by atoms with Crippen LogP contribution in [0.5, 0.6) is 11.6 Å². The van der Waals surface area contributed by atoms with Crippen LogP contribution in [-0.4, -0.2) is 23.1 Å². The van der Waals surface area contributed by atoms with E-state index in [4.69, 9.17) is 4.74 Å². The zero-order chi connectivity index (χ0) is 15.0. The quantitative estimate of drug-likeness (QED) is 0.774. The highest BCUT2D eigenvalue weighted by Crippen LogP contribution is 2.21. The molecule has 1 amide bonds. The Morgan fingerprint density at radius 3 is 2.86 bits per heavy atom. The number of carbonyl (C=O) groups excluding carboxylic acids is 1. The van der Waals surface area contributed by atoms with Crippen molar-refractivity contribution in [2.45, 2.75) is 0 Å². The van der Waals surface area contributed by atoms with Gasteiger partial charge in [0.1, 0.15) is 5.75 Å². The van der Waals surface area contributed by atoms with Crippen LogP contribution in [0.15, 0.2) is 33.6 Å². The number of nitrogens with zero attached hydrogens (tertiary/aromatic N) is 1. The maximum atomic E-state index is 12.0. The van der Waals surface area contributed by atoms with Gasteiger partial charge in [0.2, 0.25) is 5.88 Å². The second kappa shape index (κ2) is 5.02. The van der Waals surface area contributed by atoms with E-state index < -0.39 is 5.91 Å². The van der Waals surface area contributed by atoms with Crippen LogP contribution in [0.3, 0.4) is 0 Å². The zero-order valence-electron chi connectivity index (χ0n) is 10.9. The number of thiazole rings is 1. The summed E-state index contributed by atoms with van der Waals surface area (Å²) in [4.78, 5) is 29.3. The van der Waals surface area contributed by atoms with E-state index in [2.05, 4.69) is 9.98 Å². The maximum absolute atomic E-state index is 12.0. The van der Waals surface area contributed by atoms with E-state index in [1.165, 1.54) is 6.08 Å². The summed E-state index contributed by atoms with van der Waals surface area (Å²) in [6.07, 6.45) is 3.09. The third-order valence-corrected chi connectivity index (χ3v) is 3.78. The Balaban J connectivity index is 2.16. The first-order valence-corrected chi connectivity index (χ1v) is 6.81. The largest absolute Gasteiger partial charge is 0.497 e. The number of hydrogen-bond acceptors (Lipinski definition) is 5. The zero-order valence-corrected chi connectivity index (χ0v) is 11.7. The summed E-state index contributed by atoms with van der Waals surface area (Å²) in [6, 6.07) is 5.19. The number of benzene rings is 1. The van der Waals surface area contributed by atoms with Crippen LogP contribution in [-0.2, 0) is 4.79 Å². The van der Waals surface area contributed by atoms with Crippen LogP contribution < -0.4 is 20.2 Å². The van der Waals surface area contributed by atoms with Gasteiger partial charge in [-0.25, -0.2) is 4.99 Å². The third kappa shape index (κ3) is 2.50. The standard InChI is InChI=1S/C14H10N2O4S/c1-20-9-2-3-10-7(5-9)4-8(12(17)15-10)6-11-13(18)16-14(19)21-11/h2-6,18H,1H3,(H,16,19)/b8-6-. The van der Waals surface area contributed by atoms with Crippen LogP contribution in [0.2, 0.25) is 0 Å². The SMILES string of the molecule is COc1ccc2c(c1)=C/C(=C/c1sc(=O)[nH]c1O)C(=O)N=2. The van der Waals surface area contributed by atoms with Gasteiger partial charge in [-0.05, 0) is 30.4 Å². The number of H-pyrrole nitrogens is 1. The molecule has 0 bridgehead atoms. The van der Waals surface area contributed by atoms with E-state index in [1.54, 1.807) is 31.4 Å². The van der Waals surface area contributed by atoms with E-state index in [9.17, 15) is 14.7 Å². The molecule has 0 saturated carbocycles. The molecule has 1 aliphatic rings. The molecule has 21 heavy (non-hydrogen) atoms. The van der Waals surface area contributed by atoms with Gasteiger partial charge in [0.15, 0.2) is 0 Å². The van der Waals surface area contributed by atoms with Crippen molar-refractivity contribution < 1.29 is 14.6 Å². The minimum absolute atomic E-state index is 0.255. The molecule has 3 rings (SSSR count). The number of aromatic hydroxyl groups is 1. The molecule has 6 nitrogen and oxygen atoms in total. The number of carbonyl (C=O) groups is 1. The smallest absolute Gasteiger partial charge is 0.307 e. The summed E-state index contributed by atoms with van der Waals surface area (Å²) >= 11 is 0.823. The van der Waals surface area contributed by atoms with Gasteiger partial charge < -0.3 is 9.84 Å². The molecule has 0 saturated heterocycles. The van der Waals surface area contributed by atoms with Gasteiger partial charge in [-0.1, -0.05) is 11.3 Å². The van der Waals surface area contributed by atoms with Crippen molar-refractivity contribution in [2.24, 2.45) is 4.99 Å². The van der Waals surface area contributed by atoms with Gasteiger partial charge in [-0.2, -0.15) is 0 Å². The van der Waals surface area contributed by atoms with Crippen LogP contribution >= 0.6 is 11.3 Å². The first-order valence-electron chi connectivity index (χ1n) is 5.99. The molecule has 2 N–H and O–H groups in total. The summed E-state index contributed by atoms with van der Waals surface area (Å²) in [7, 11) is 1.55. The fraction of sp³-hybridized carbons (Fsp3) is 0.0714. The van der Waals surface area contributed by atoms with Crippen LogP contribution in [0.4, 0.5) is 0 Å². The third-order valence-electron chi connectivity index (χ3n) is 2.96. The Bertz CT molecular complexity index is 937. The van der Waals surface area contributed by atoms with Crippen molar-refractivity contribution in [3.05, 3.63) is 48.9 Å². The highest BCUT2D eigenvalue weighted by atomic mass is 32.1. The van der Waals surface area contributed by atoms with E-state index in [0.717, 1.165) is 16.6 Å². The fourth-order valence-corrected chi connectivity index (χ4v) is 2.64. The fourth-order valence-electron chi connectivity index (χ4n) is 1.95. The molecule has 0 spiro atoms. The molecular formula is C14H10N2O4S. The van der Waals surface area contributed by atoms with Crippen molar-refractivity contribution in [1.82, 2.24) is 4.98 Å². The predicted molar refractivity (Wildman–Crippen MR) is 77.8 cm³/mol. The number of hydrogen-bond donors (Lipinski definition) is 2. The molecule has 2 heterocycles. The van der Waals surface area contributed by atoms with Crippen LogP contribution in [0.25, 0.3) is 12.2 Å². The Hall–Kier alpha value is -2.67. The topological polar surface area (TPSA) is 91.8 Å². The Morgan fingerprint density at radius 2 is 2.19 bits per heavy atom. The number of nitrogens with one attached hydrogen (secondary N) is 1. The van der Waals surface area contributed by atoms with E-state index >= 15 is 0 Å². The van der Waals surface area contributed by atoms with Crippen LogP contribution in [0, 0.1) is 0 Å². The molecular weight excluding hydrogens is 292 g/mol. The molecule has 106 valence electrons. The summed E-state index contributed by atoms with van der Waals surface area (Å²) in [5.74, 6) is -0.0221. The lowest BCUT2D eigenvalue weighted by Crippen LogP contribution is -2.30. The number of aromatic amines is 1. The lowest BCUT2D eigenvalue weighted by molar-refractivity contribution is -0.114. The van der Waals surface area contributed by atoms with Gasteiger partial charge in [0, 0.05) is 10.8 Å². The van der Waals surface area contributed by atoms with Gasteiger partial charge in [0.05, 0.1) is 17.3 Å². The van der Waals surface area contributed by atoms with Gasteiger partial charge >= 0.3 is 4.87 Å². The van der Waals surface area contributed by atoms with Crippen LogP contribution in [0.1, 0.15) is 4.88 Å². The van der Waals surface area contributed by atoms with Gasteiger partial charge in [0.25, 0.3) is 5.91 Å². The summed E-state index contributed by atoms with van der Waals surface area (Å²) < 4.78 is 5.13. The van der Waals surface area contributed by atoms with Gasteiger partial charge in [-0.15, -0.1) is 0 Å². The maximum Gasteiger partial charge on any atom is 0.307 e. The molecule has 1 aromatic heterocycles. The summed E-state index contributed by atoms with van der Waals surface area (Å²) in [5.41, 5.74) is 0.293. The normalized spacial score (nSPS) is 15.3. The highest BCUT2D eigenvalue weighted by Gasteiger charge is 2.13. The van der Waals surface area contributed by atoms with E-state index in [1.807, 2.05) is 0 Å². The number of fused-ring (bicyclic) bond motifs is 1. The van der Waals surface area contributed by atoms with Crippen molar-refractivity contribution in [3.63, 3.8) is 0 Å². The Morgan fingerprint density at radius 1 is 1.38 bits per heavy atom. The number of ether oxygens (including phenoxy) is 1. The minimum Gasteiger partial charge on any atom is -0.497 e. The van der Waals surface area contributed by atoms with Crippen molar-refractivity contribution in [3.8, 4) is 11.6 Å². The highest BCUT2D eigenvalue weighted by molar-refractivity contribution is 7.10. The number of aromatic nitrogens is 1. The number of amides is 1. The first kappa shape index (κ1) is 13.3. The lowest BCUT2D eigenvalue weighted by atomic mass is 10.1. The number of methoxy groups -OCH3 is 1. The second-order valence-corrected chi connectivity index (χ2v) is 5.33. The molecule has 0 atom stereocenters. The molecule has 2 aromatic rings. The van der Waals surface area contributed by atoms with Crippen molar-refractivity contribution in [1.29, 1.82) is 0 Å². The molecule has 0 fully saturated rings.